The van der Waals surface area contributed by atoms with Gasteiger partial charge >= 0.3 is 0 Å². The molecule has 0 saturated carbocycles. The first-order valence-electron chi connectivity index (χ1n) is 12.5. The summed E-state index contributed by atoms with van der Waals surface area (Å²) in [6, 6.07) is 17.0. The van der Waals surface area contributed by atoms with Crippen molar-refractivity contribution in [3.63, 3.8) is 0 Å². The number of anilines is 2. The average molecular weight is 464 g/mol. The molecule has 2 aliphatic rings. The van der Waals surface area contributed by atoms with Crippen LogP contribution in [-0.4, -0.2) is 50.0 Å². The molecule has 2 aromatic rings. The highest BCUT2D eigenvalue weighted by molar-refractivity contribution is 6.20. The Labute approximate surface area is 203 Å². The Morgan fingerprint density at radius 2 is 1.76 bits per heavy atom. The Bertz CT molecular complexity index is 1020. The molecule has 1 unspecified atom stereocenters. The summed E-state index contributed by atoms with van der Waals surface area (Å²) < 4.78 is 6.11. The zero-order valence-corrected chi connectivity index (χ0v) is 20.9. The molecule has 2 aromatic carbocycles. The minimum Gasteiger partial charge on any atom is -0.493 e. The molecule has 0 radical (unpaired) electrons. The summed E-state index contributed by atoms with van der Waals surface area (Å²) >= 11 is 0. The molecule has 4 rings (SSSR count). The summed E-state index contributed by atoms with van der Waals surface area (Å²) in [5.41, 5.74) is 1.76. The highest BCUT2D eigenvalue weighted by atomic mass is 16.5. The SMILES string of the molecule is CCN1C(=O)C(C)(C)C(=O)N(C)c2cc(OCCCN3CCCCC3c3ccccc3)ccc21. The van der Waals surface area contributed by atoms with Gasteiger partial charge in [-0.15, -0.1) is 0 Å². The van der Waals surface area contributed by atoms with Gasteiger partial charge in [0.15, 0.2) is 0 Å². The maximum absolute atomic E-state index is 13.0. The molecular weight excluding hydrogens is 426 g/mol. The number of benzene rings is 2. The minimum atomic E-state index is -1.10. The number of carbonyl (C=O) groups is 2. The van der Waals surface area contributed by atoms with Crippen LogP contribution < -0.4 is 14.5 Å². The van der Waals surface area contributed by atoms with Crippen molar-refractivity contribution in [2.75, 3.05) is 43.1 Å². The number of piperidine rings is 1. The molecule has 6 heteroatoms. The lowest BCUT2D eigenvalue weighted by Gasteiger charge is -2.36. The largest absolute Gasteiger partial charge is 0.493 e. The van der Waals surface area contributed by atoms with Gasteiger partial charge in [-0.25, -0.2) is 0 Å². The maximum Gasteiger partial charge on any atom is 0.242 e. The molecule has 0 bridgehead atoms. The van der Waals surface area contributed by atoms with Crippen molar-refractivity contribution in [3.8, 4) is 5.75 Å². The zero-order valence-electron chi connectivity index (χ0n) is 20.9. The van der Waals surface area contributed by atoms with Gasteiger partial charge in [0.1, 0.15) is 11.2 Å². The van der Waals surface area contributed by atoms with Crippen LogP contribution in [0.3, 0.4) is 0 Å². The molecule has 2 aliphatic heterocycles. The van der Waals surface area contributed by atoms with E-state index in [4.69, 9.17) is 4.74 Å². The highest BCUT2D eigenvalue weighted by Crippen LogP contribution is 2.40. The molecule has 0 N–H and O–H groups in total. The van der Waals surface area contributed by atoms with Gasteiger partial charge in [0.25, 0.3) is 0 Å². The third-order valence-corrected chi connectivity index (χ3v) is 7.19. The molecule has 34 heavy (non-hydrogen) atoms. The maximum atomic E-state index is 13.0. The molecule has 1 saturated heterocycles. The van der Waals surface area contributed by atoms with Crippen LogP contribution in [0, 0.1) is 5.41 Å². The fraction of sp³-hybridized carbons (Fsp3) is 0.500. The Morgan fingerprint density at radius 3 is 2.50 bits per heavy atom. The number of nitrogens with zero attached hydrogens (tertiary/aromatic N) is 3. The number of fused-ring (bicyclic) bond motifs is 1. The van der Waals surface area contributed by atoms with Crippen molar-refractivity contribution in [1.82, 2.24) is 4.90 Å². The number of hydrogen-bond acceptors (Lipinski definition) is 4. The van der Waals surface area contributed by atoms with Crippen LogP contribution in [0.25, 0.3) is 0 Å². The zero-order chi connectivity index (χ0) is 24.3. The molecule has 2 heterocycles. The van der Waals surface area contributed by atoms with E-state index in [1.807, 2.05) is 25.1 Å². The molecule has 2 amide bonds. The second-order valence-electron chi connectivity index (χ2n) is 9.85. The van der Waals surface area contributed by atoms with Crippen LogP contribution in [0.15, 0.2) is 48.5 Å². The predicted octanol–water partition coefficient (Wildman–Crippen LogP) is 5.04. The van der Waals surface area contributed by atoms with E-state index in [0.29, 0.717) is 24.9 Å². The van der Waals surface area contributed by atoms with E-state index >= 15 is 0 Å². The van der Waals surface area contributed by atoms with Gasteiger partial charge in [-0.05, 0) is 64.3 Å². The Morgan fingerprint density at radius 1 is 1.00 bits per heavy atom. The summed E-state index contributed by atoms with van der Waals surface area (Å²) in [6.45, 7) is 8.57. The van der Waals surface area contributed by atoms with E-state index < -0.39 is 5.41 Å². The fourth-order valence-electron chi connectivity index (χ4n) is 5.24. The lowest BCUT2D eigenvalue weighted by molar-refractivity contribution is -0.137. The van der Waals surface area contributed by atoms with Gasteiger partial charge in [-0.1, -0.05) is 36.8 Å². The molecule has 0 aliphatic carbocycles. The number of amides is 2. The van der Waals surface area contributed by atoms with Crippen LogP contribution >= 0.6 is 0 Å². The summed E-state index contributed by atoms with van der Waals surface area (Å²) in [5, 5.41) is 0. The van der Waals surface area contributed by atoms with E-state index in [9.17, 15) is 9.59 Å². The summed E-state index contributed by atoms with van der Waals surface area (Å²) in [4.78, 5) is 31.9. The Hall–Kier alpha value is -2.86. The van der Waals surface area contributed by atoms with Gasteiger partial charge in [0.05, 0.1) is 18.0 Å². The van der Waals surface area contributed by atoms with Crippen molar-refractivity contribution in [2.45, 2.75) is 52.5 Å². The molecule has 6 nitrogen and oxygen atoms in total. The standard InChI is InChI=1S/C28H37N3O3/c1-5-31-24-16-15-22(20-25(24)29(4)26(32)28(2,3)27(31)33)34-19-11-18-30-17-10-9-14-23(30)21-12-7-6-8-13-21/h6-8,12-13,15-16,20,23H,5,9-11,14,17-19H2,1-4H3. The van der Waals surface area contributed by atoms with Crippen molar-refractivity contribution in [2.24, 2.45) is 5.41 Å². The second kappa shape index (κ2) is 10.2. The van der Waals surface area contributed by atoms with Gasteiger partial charge < -0.3 is 14.5 Å². The van der Waals surface area contributed by atoms with Crippen LogP contribution in [0.4, 0.5) is 11.4 Å². The van der Waals surface area contributed by atoms with Crippen LogP contribution in [0.5, 0.6) is 5.75 Å². The Balaban J connectivity index is 1.42. The smallest absolute Gasteiger partial charge is 0.242 e. The molecule has 0 aromatic heterocycles. The quantitative estimate of drug-likeness (QED) is 0.427. The number of likely N-dealkylation sites (tertiary alicyclic amines) is 1. The first-order chi connectivity index (χ1) is 16.3. The van der Waals surface area contributed by atoms with E-state index in [-0.39, 0.29) is 11.8 Å². The first kappa shape index (κ1) is 24.3. The molecular formula is C28H37N3O3. The van der Waals surface area contributed by atoms with E-state index in [1.54, 1.807) is 30.7 Å². The third-order valence-electron chi connectivity index (χ3n) is 7.19. The summed E-state index contributed by atoms with van der Waals surface area (Å²) in [7, 11) is 1.74. The van der Waals surface area contributed by atoms with E-state index in [2.05, 4.69) is 35.2 Å². The van der Waals surface area contributed by atoms with Crippen molar-refractivity contribution < 1.29 is 14.3 Å². The van der Waals surface area contributed by atoms with Crippen LogP contribution in [0.1, 0.15) is 58.1 Å². The minimum absolute atomic E-state index is 0.172. The number of ether oxygens (including phenoxy) is 1. The molecule has 1 fully saturated rings. The first-order valence-corrected chi connectivity index (χ1v) is 12.5. The fourth-order valence-corrected chi connectivity index (χ4v) is 5.24. The lowest BCUT2D eigenvalue weighted by Crippen LogP contribution is -2.47. The van der Waals surface area contributed by atoms with Gasteiger partial charge in [-0.3, -0.25) is 14.5 Å². The van der Waals surface area contributed by atoms with Crippen molar-refractivity contribution in [3.05, 3.63) is 54.1 Å². The van der Waals surface area contributed by atoms with Crippen molar-refractivity contribution >= 4 is 23.2 Å². The summed E-state index contributed by atoms with van der Waals surface area (Å²) in [6.07, 6.45) is 4.67. The molecule has 0 spiro atoms. The van der Waals surface area contributed by atoms with Gasteiger partial charge in [-0.2, -0.15) is 0 Å². The van der Waals surface area contributed by atoms with Gasteiger partial charge in [0, 0.05) is 32.2 Å². The van der Waals surface area contributed by atoms with Crippen LogP contribution in [-0.2, 0) is 9.59 Å². The van der Waals surface area contributed by atoms with Gasteiger partial charge in [0.2, 0.25) is 11.8 Å². The highest BCUT2D eigenvalue weighted by Gasteiger charge is 2.45. The number of carbonyl (C=O) groups excluding carboxylic acids is 2. The van der Waals surface area contributed by atoms with E-state index in [1.165, 1.54) is 24.8 Å². The number of rotatable bonds is 7. The normalized spacial score (nSPS) is 20.8. The van der Waals surface area contributed by atoms with E-state index in [0.717, 1.165) is 30.9 Å². The second-order valence-corrected chi connectivity index (χ2v) is 9.85. The third kappa shape index (κ3) is 4.69. The number of hydrogen-bond donors (Lipinski definition) is 0. The molecule has 1 atom stereocenters. The predicted molar refractivity (Wildman–Crippen MR) is 136 cm³/mol. The summed E-state index contributed by atoms with van der Waals surface area (Å²) in [5.74, 6) is 0.345. The van der Waals surface area contributed by atoms with Crippen LogP contribution in [0.2, 0.25) is 0 Å². The topological polar surface area (TPSA) is 53.1 Å². The monoisotopic (exact) mass is 463 g/mol. The molecule has 182 valence electrons. The Kier molecular flexibility index (Phi) is 7.27. The lowest BCUT2D eigenvalue weighted by atomic mass is 9.90. The average Bonchev–Trinajstić information content (AvgIpc) is 2.91. The van der Waals surface area contributed by atoms with Crippen molar-refractivity contribution in [1.29, 1.82) is 0 Å².